The van der Waals surface area contributed by atoms with Crippen LogP contribution < -0.4 is 10.6 Å². The van der Waals surface area contributed by atoms with Gasteiger partial charge in [0.15, 0.2) is 15.8 Å². The molecule has 0 heterocycles. The molecule has 0 radical (unpaired) electrons. The van der Waals surface area contributed by atoms with Crippen LogP contribution in [-0.2, 0) is 9.84 Å². The minimum Gasteiger partial charge on any atom is -0.357 e. The molecule has 1 atom stereocenters. The van der Waals surface area contributed by atoms with Crippen LogP contribution in [0.4, 0.5) is 0 Å². The van der Waals surface area contributed by atoms with Crippen LogP contribution in [-0.4, -0.2) is 45.0 Å². The zero-order valence-electron chi connectivity index (χ0n) is 12.2. The first-order valence-electron chi connectivity index (χ1n) is 6.57. The molecule has 0 aliphatic carbocycles. The molecule has 0 bridgehead atoms. The van der Waals surface area contributed by atoms with Gasteiger partial charge in [-0.15, -0.1) is 0 Å². The third-order valence-electron chi connectivity index (χ3n) is 2.82. The van der Waals surface area contributed by atoms with Gasteiger partial charge in [-0.05, 0) is 19.8 Å². The molecule has 0 amide bonds. The lowest BCUT2D eigenvalue weighted by Gasteiger charge is -2.20. The highest BCUT2D eigenvalue weighted by Gasteiger charge is 2.10. The number of aliphatic imine (C=N–C) groups is 1. The number of rotatable bonds is 7. The average molecular weight is 277 g/mol. The average Bonchev–Trinajstić information content (AvgIpc) is 2.28. The smallest absolute Gasteiger partial charge is 0.191 e. The van der Waals surface area contributed by atoms with Crippen molar-refractivity contribution in [1.82, 2.24) is 10.6 Å². The number of hydrogen-bond donors (Lipinski definition) is 2. The van der Waals surface area contributed by atoms with E-state index in [1.165, 1.54) is 0 Å². The Kier molecular flexibility index (Phi) is 7.98. The molecule has 0 fully saturated rings. The topological polar surface area (TPSA) is 70.6 Å². The zero-order chi connectivity index (χ0) is 14.2. The van der Waals surface area contributed by atoms with Gasteiger partial charge in [-0.25, -0.2) is 8.42 Å². The molecule has 1 unspecified atom stereocenters. The molecule has 0 aromatic carbocycles. The van der Waals surface area contributed by atoms with Crippen molar-refractivity contribution in [1.29, 1.82) is 0 Å². The van der Waals surface area contributed by atoms with Gasteiger partial charge in [-0.1, -0.05) is 20.8 Å². The SMILES string of the molecule is CCNC(=NCCS(=O)(=O)CC)NC(C)C(C)C. The molecule has 108 valence electrons. The Bertz CT molecular complexity index is 350. The second-order valence-corrected chi connectivity index (χ2v) is 7.15. The molecule has 0 saturated carbocycles. The summed E-state index contributed by atoms with van der Waals surface area (Å²) >= 11 is 0. The van der Waals surface area contributed by atoms with Gasteiger partial charge >= 0.3 is 0 Å². The van der Waals surface area contributed by atoms with Gasteiger partial charge in [0.1, 0.15) is 0 Å². The number of sulfone groups is 1. The summed E-state index contributed by atoms with van der Waals surface area (Å²) in [5.74, 6) is 1.46. The largest absolute Gasteiger partial charge is 0.357 e. The Morgan fingerprint density at radius 3 is 2.28 bits per heavy atom. The molecule has 0 aliphatic heterocycles. The van der Waals surface area contributed by atoms with Crippen molar-refractivity contribution in [2.24, 2.45) is 10.9 Å². The minimum atomic E-state index is -2.94. The highest BCUT2D eigenvalue weighted by molar-refractivity contribution is 7.91. The fraction of sp³-hybridized carbons (Fsp3) is 0.917. The maximum Gasteiger partial charge on any atom is 0.191 e. The quantitative estimate of drug-likeness (QED) is 0.538. The third-order valence-corrected chi connectivity index (χ3v) is 4.50. The molecule has 0 saturated heterocycles. The molecule has 0 aromatic heterocycles. The number of guanidine groups is 1. The Morgan fingerprint density at radius 1 is 1.22 bits per heavy atom. The predicted octanol–water partition coefficient (Wildman–Crippen LogP) is 1.02. The standard InChI is InChI=1S/C12H27N3O2S/c1-6-13-12(15-11(5)10(3)4)14-8-9-18(16,17)7-2/h10-11H,6-9H2,1-5H3,(H2,13,14,15). The van der Waals surface area contributed by atoms with E-state index in [9.17, 15) is 8.42 Å². The fourth-order valence-electron chi connectivity index (χ4n) is 1.14. The third kappa shape index (κ3) is 7.53. The summed E-state index contributed by atoms with van der Waals surface area (Å²) < 4.78 is 22.7. The predicted molar refractivity (Wildman–Crippen MR) is 77.7 cm³/mol. The van der Waals surface area contributed by atoms with Crippen LogP contribution in [0.2, 0.25) is 0 Å². The first-order valence-corrected chi connectivity index (χ1v) is 8.39. The van der Waals surface area contributed by atoms with Crippen molar-refractivity contribution in [2.45, 2.75) is 40.7 Å². The molecule has 2 N–H and O–H groups in total. The van der Waals surface area contributed by atoms with E-state index < -0.39 is 9.84 Å². The maximum absolute atomic E-state index is 11.4. The highest BCUT2D eigenvalue weighted by Crippen LogP contribution is 1.99. The second-order valence-electron chi connectivity index (χ2n) is 4.67. The van der Waals surface area contributed by atoms with Crippen molar-refractivity contribution in [3.8, 4) is 0 Å². The maximum atomic E-state index is 11.4. The molecule has 0 aliphatic rings. The van der Waals surface area contributed by atoms with E-state index in [4.69, 9.17) is 0 Å². The number of nitrogens with zero attached hydrogens (tertiary/aromatic N) is 1. The van der Waals surface area contributed by atoms with Crippen LogP contribution in [0.15, 0.2) is 4.99 Å². The van der Waals surface area contributed by atoms with Crippen molar-refractivity contribution in [3.05, 3.63) is 0 Å². The number of nitrogens with one attached hydrogen (secondary N) is 2. The second kappa shape index (κ2) is 8.34. The minimum absolute atomic E-state index is 0.107. The molecule has 18 heavy (non-hydrogen) atoms. The Hall–Kier alpha value is -0.780. The fourth-order valence-corrected chi connectivity index (χ4v) is 1.80. The Balaban J connectivity index is 4.41. The van der Waals surface area contributed by atoms with E-state index in [-0.39, 0.29) is 11.5 Å². The van der Waals surface area contributed by atoms with Crippen LogP contribution in [0.5, 0.6) is 0 Å². The van der Waals surface area contributed by atoms with Gasteiger partial charge in [0.2, 0.25) is 0 Å². The van der Waals surface area contributed by atoms with Gasteiger partial charge in [0.25, 0.3) is 0 Å². The van der Waals surface area contributed by atoms with E-state index in [1.807, 2.05) is 6.92 Å². The lowest BCUT2D eigenvalue weighted by atomic mass is 10.1. The molecule has 0 aromatic rings. The molecule has 0 rings (SSSR count). The van der Waals surface area contributed by atoms with Crippen molar-refractivity contribution < 1.29 is 8.42 Å². The van der Waals surface area contributed by atoms with Gasteiger partial charge in [-0.3, -0.25) is 4.99 Å². The first-order chi connectivity index (χ1) is 8.32. The molecule has 6 heteroatoms. The molecular formula is C12H27N3O2S. The molecule has 0 spiro atoms. The van der Waals surface area contributed by atoms with Crippen molar-refractivity contribution >= 4 is 15.8 Å². The van der Waals surface area contributed by atoms with Crippen LogP contribution in [0.3, 0.4) is 0 Å². The van der Waals surface area contributed by atoms with Gasteiger partial charge in [0.05, 0.1) is 12.3 Å². The zero-order valence-corrected chi connectivity index (χ0v) is 13.0. The summed E-state index contributed by atoms with van der Waals surface area (Å²) in [6.07, 6.45) is 0. The molecular weight excluding hydrogens is 250 g/mol. The summed E-state index contributed by atoms with van der Waals surface area (Å²) in [6.45, 7) is 11.0. The summed E-state index contributed by atoms with van der Waals surface area (Å²) in [6, 6.07) is 0.297. The highest BCUT2D eigenvalue weighted by atomic mass is 32.2. The van der Waals surface area contributed by atoms with E-state index in [0.29, 0.717) is 24.5 Å². The molecule has 5 nitrogen and oxygen atoms in total. The lowest BCUT2D eigenvalue weighted by molar-refractivity contribution is 0.481. The van der Waals surface area contributed by atoms with E-state index >= 15 is 0 Å². The van der Waals surface area contributed by atoms with Crippen LogP contribution >= 0.6 is 0 Å². The normalized spacial score (nSPS) is 14.7. The summed E-state index contributed by atoms with van der Waals surface area (Å²) in [5, 5.41) is 6.38. The van der Waals surface area contributed by atoms with E-state index in [1.54, 1.807) is 6.92 Å². The first kappa shape index (κ1) is 17.2. The van der Waals surface area contributed by atoms with Crippen LogP contribution in [0.1, 0.15) is 34.6 Å². The Morgan fingerprint density at radius 2 is 1.83 bits per heavy atom. The summed E-state index contributed by atoms with van der Waals surface area (Å²) in [7, 11) is -2.94. The monoisotopic (exact) mass is 277 g/mol. The summed E-state index contributed by atoms with van der Waals surface area (Å²) in [4.78, 5) is 4.28. The van der Waals surface area contributed by atoms with E-state index in [2.05, 4.69) is 36.4 Å². The number of hydrogen-bond acceptors (Lipinski definition) is 3. The van der Waals surface area contributed by atoms with Crippen LogP contribution in [0.25, 0.3) is 0 Å². The van der Waals surface area contributed by atoms with Gasteiger partial charge in [0, 0.05) is 18.3 Å². The van der Waals surface area contributed by atoms with Gasteiger partial charge < -0.3 is 10.6 Å². The van der Waals surface area contributed by atoms with Crippen LogP contribution in [0, 0.1) is 5.92 Å². The Labute approximate surface area is 111 Å². The lowest BCUT2D eigenvalue weighted by Crippen LogP contribution is -2.44. The van der Waals surface area contributed by atoms with E-state index in [0.717, 1.165) is 6.54 Å². The summed E-state index contributed by atoms with van der Waals surface area (Å²) in [5.41, 5.74) is 0. The van der Waals surface area contributed by atoms with Gasteiger partial charge in [-0.2, -0.15) is 0 Å². The van der Waals surface area contributed by atoms with Crippen molar-refractivity contribution in [3.63, 3.8) is 0 Å². The van der Waals surface area contributed by atoms with Crippen molar-refractivity contribution in [2.75, 3.05) is 24.6 Å².